The number of terminal acetylenes is 1. The third-order valence-corrected chi connectivity index (χ3v) is 7.87. The Hall–Kier alpha value is -3.68. The molecule has 4 aliphatic carbocycles. The molecule has 0 radical (unpaired) electrons. The first-order valence-electron chi connectivity index (χ1n) is 12.6. The minimum Gasteiger partial charge on any atom is -0.488 e. The van der Waals surface area contributed by atoms with E-state index in [1.54, 1.807) is 6.20 Å². The number of anilines is 2. The second kappa shape index (κ2) is 9.08. The monoisotopic (exact) mass is 490 g/mol. The second-order valence-corrected chi connectivity index (χ2v) is 10.5. The van der Waals surface area contributed by atoms with Crippen molar-refractivity contribution in [1.29, 1.82) is 0 Å². The molecule has 2 aromatic heterocycles. The highest BCUT2D eigenvalue weighted by molar-refractivity contribution is 5.91. The van der Waals surface area contributed by atoms with Crippen LogP contribution < -0.4 is 25.4 Å². The fourth-order valence-corrected chi connectivity index (χ4v) is 5.34. The van der Waals surface area contributed by atoms with E-state index in [4.69, 9.17) is 21.6 Å². The van der Waals surface area contributed by atoms with Crippen LogP contribution in [0.25, 0.3) is 0 Å². The summed E-state index contributed by atoms with van der Waals surface area (Å²) in [7, 11) is 0. The summed E-state index contributed by atoms with van der Waals surface area (Å²) in [5.41, 5.74) is 5.78. The van der Waals surface area contributed by atoms with Gasteiger partial charge in [-0.3, -0.25) is 4.79 Å². The Labute approximate surface area is 209 Å². The number of rotatable bonds is 9. The van der Waals surface area contributed by atoms with Crippen LogP contribution in [0.1, 0.15) is 49.1 Å². The highest BCUT2D eigenvalue weighted by Gasteiger charge is 2.57. The van der Waals surface area contributed by atoms with E-state index < -0.39 is 0 Å². The number of amides is 1. The zero-order chi connectivity index (χ0) is 24.7. The lowest BCUT2D eigenvalue weighted by Crippen LogP contribution is -2.68. The highest BCUT2D eigenvalue weighted by Crippen LogP contribution is 2.57. The number of nitrogens with one attached hydrogen (secondary N) is 1. The van der Waals surface area contributed by atoms with Gasteiger partial charge in [-0.25, -0.2) is 9.97 Å². The van der Waals surface area contributed by atoms with E-state index in [1.807, 2.05) is 0 Å². The molecule has 11 nitrogen and oxygen atoms in total. The predicted molar refractivity (Wildman–Crippen MR) is 130 cm³/mol. The Morgan fingerprint density at radius 2 is 2.00 bits per heavy atom. The van der Waals surface area contributed by atoms with Crippen molar-refractivity contribution in [2.24, 2.45) is 23.7 Å². The van der Waals surface area contributed by atoms with E-state index in [-0.39, 0.29) is 29.2 Å². The first-order chi connectivity index (χ1) is 17.5. The van der Waals surface area contributed by atoms with E-state index in [1.165, 1.54) is 6.33 Å². The van der Waals surface area contributed by atoms with Crippen LogP contribution in [0.3, 0.4) is 0 Å². The largest absolute Gasteiger partial charge is 0.488 e. The lowest BCUT2D eigenvalue weighted by Gasteiger charge is -2.61. The predicted octanol–water partition coefficient (Wildman–Crippen LogP) is 1.47. The summed E-state index contributed by atoms with van der Waals surface area (Å²) in [6.45, 7) is 2.43. The number of carbonyl (C=O) groups is 1. The van der Waals surface area contributed by atoms with Gasteiger partial charge in [0.2, 0.25) is 11.8 Å². The van der Waals surface area contributed by atoms with Crippen molar-refractivity contribution < 1.29 is 14.3 Å². The van der Waals surface area contributed by atoms with Gasteiger partial charge in [-0.2, -0.15) is 15.0 Å². The van der Waals surface area contributed by atoms with Crippen molar-refractivity contribution in [2.45, 2.75) is 44.1 Å². The first-order valence-corrected chi connectivity index (χ1v) is 12.6. The topological polar surface area (TPSA) is 141 Å². The standard InChI is InChI=1S/C25H30N8O3/c1-2-17-7-18(17)13-36-24-30-21(22(34)32-25-8-16(9-25)10-25)29-23(31-24)33-5-3-15(4-6-33)12-35-19-11-27-14-28-20(19)26/h1,11,14-18H,3-10,12-13H2,(H,32,34)(H2,26,27,28)/t16?,17-,18-,25?/m1/s1. The van der Waals surface area contributed by atoms with Gasteiger partial charge in [0.1, 0.15) is 6.33 Å². The average Bonchev–Trinajstić information content (AvgIpc) is 3.62. The number of hydrogen-bond acceptors (Lipinski definition) is 10. The molecule has 2 bridgehead atoms. The molecule has 1 aliphatic heterocycles. The Morgan fingerprint density at radius 1 is 1.19 bits per heavy atom. The second-order valence-electron chi connectivity index (χ2n) is 10.5. The van der Waals surface area contributed by atoms with Gasteiger partial charge in [-0.05, 0) is 50.4 Å². The van der Waals surface area contributed by atoms with Gasteiger partial charge in [-0.15, -0.1) is 12.3 Å². The Balaban J connectivity index is 1.11. The van der Waals surface area contributed by atoms with Crippen molar-refractivity contribution in [3.8, 4) is 24.1 Å². The molecule has 7 rings (SSSR count). The molecule has 0 unspecified atom stereocenters. The maximum Gasteiger partial charge on any atom is 0.321 e. The molecule has 11 heteroatoms. The van der Waals surface area contributed by atoms with Crippen molar-refractivity contribution in [2.75, 3.05) is 36.9 Å². The molecule has 1 saturated heterocycles. The van der Waals surface area contributed by atoms with E-state index in [0.717, 1.165) is 57.5 Å². The number of piperidine rings is 1. The molecule has 2 atom stereocenters. The summed E-state index contributed by atoms with van der Waals surface area (Å²) in [5.74, 6) is 5.57. The highest BCUT2D eigenvalue weighted by atomic mass is 16.5. The lowest BCUT2D eigenvalue weighted by molar-refractivity contribution is -0.0441. The third kappa shape index (κ3) is 4.59. The molecule has 3 heterocycles. The van der Waals surface area contributed by atoms with E-state index in [0.29, 0.717) is 42.6 Å². The van der Waals surface area contributed by atoms with Gasteiger partial charge < -0.3 is 25.4 Å². The summed E-state index contributed by atoms with van der Waals surface area (Å²) in [5, 5.41) is 3.14. The number of hydrogen-bond donors (Lipinski definition) is 2. The summed E-state index contributed by atoms with van der Waals surface area (Å²) in [6.07, 6.45) is 14.3. The zero-order valence-corrected chi connectivity index (χ0v) is 20.1. The summed E-state index contributed by atoms with van der Waals surface area (Å²) >= 11 is 0. The van der Waals surface area contributed by atoms with Crippen molar-refractivity contribution in [1.82, 2.24) is 30.2 Å². The van der Waals surface area contributed by atoms with Crippen LogP contribution in [0.4, 0.5) is 11.8 Å². The first kappa shape index (κ1) is 22.8. The Kier molecular flexibility index (Phi) is 5.74. The normalized spacial score (nSPS) is 28.3. The fraction of sp³-hybridized carbons (Fsp3) is 0.600. The van der Waals surface area contributed by atoms with Crippen LogP contribution in [0.15, 0.2) is 12.5 Å². The molecular weight excluding hydrogens is 460 g/mol. The number of ether oxygens (including phenoxy) is 2. The molecule has 3 N–H and O–H groups in total. The molecule has 5 aliphatic rings. The number of nitrogens with two attached hydrogens (primary N) is 1. The molecule has 0 spiro atoms. The molecule has 1 amide bonds. The van der Waals surface area contributed by atoms with Crippen LogP contribution in [-0.4, -0.2) is 62.7 Å². The minimum absolute atomic E-state index is 0.0604. The Bertz CT molecular complexity index is 1180. The summed E-state index contributed by atoms with van der Waals surface area (Å²) < 4.78 is 11.7. The van der Waals surface area contributed by atoms with Crippen molar-refractivity contribution in [3.63, 3.8) is 0 Å². The molecule has 5 fully saturated rings. The van der Waals surface area contributed by atoms with Gasteiger partial charge in [-0.1, -0.05) is 0 Å². The number of aromatic nitrogens is 5. The van der Waals surface area contributed by atoms with Crippen LogP contribution >= 0.6 is 0 Å². The van der Waals surface area contributed by atoms with Gasteiger partial charge in [0.15, 0.2) is 11.6 Å². The molecule has 0 aromatic carbocycles. The molecule has 2 aromatic rings. The van der Waals surface area contributed by atoms with Crippen LogP contribution in [0, 0.1) is 36.0 Å². The fourth-order valence-electron chi connectivity index (χ4n) is 5.34. The van der Waals surface area contributed by atoms with Gasteiger partial charge in [0, 0.05) is 30.5 Å². The quantitative estimate of drug-likeness (QED) is 0.496. The molecular formula is C25H30N8O3. The van der Waals surface area contributed by atoms with Crippen molar-refractivity contribution >= 4 is 17.7 Å². The third-order valence-electron chi connectivity index (χ3n) is 7.87. The van der Waals surface area contributed by atoms with Gasteiger partial charge in [0.05, 0.1) is 19.4 Å². The maximum atomic E-state index is 13.0. The van der Waals surface area contributed by atoms with E-state index in [9.17, 15) is 4.79 Å². The average molecular weight is 491 g/mol. The Morgan fingerprint density at radius 3 is 2.67 bits per heavy atom. The summed E-state index contributed by atoms with van der Waals surface area (Å²) in [6, 6.07) is 0.176. The lowest BCUT2D eigenvalue weighted by atomic mass is 9.50. The van der Waals surface area contributed by atoms with Gasteiger partial charge in [0.25, 0.3) is 5.91 Å². The van der Waals surface area contributed by atoms with E-state index >= 15 is 0 Å². The van der Waals surface area contributed by atoms with E-state index in [2.05, 4.69) is 41.1 Å². The molecule has 188 valence electrons. The smallest absolute Gasteiger partial charge is 0.321 e. The summed E-state index contributed by atoms with van der Waals surface area (Å²) in [4.78, 5) is 36.4. The number of nitrogens with zero attached hydrogens (tertiary/aromatic N) is 6. The van der Waals surface area contributed by atoms with Crippen LogP contribution in [0.5, 0.6) is 11.8 Å². The number of carbonyl (C=O) groups excluding carboxylic acids is 1. The van der Waals surface area contributed by atoms with Crippen LogP contribution in [0.2, 0.25) is 0 Å². The zero-order valence-electron chi connectivity index (χ0n) is 20.1. The van der Waals surface area contributed by atoms with Gasteiger partial charge >= 0.3 is 6.01 Å². The molecule has 36 heavy (non-hydrogen) atoms. The number of nitrogen functional groups attached to an aromatic ring is 1. The minimum atomic E-state index is -0.263. The molecule has 4 saturated carbocycles. The maximum absolute atomic E-state index is 13.0. The van der Waals surface area contributed by atoms with Crippen molar-refractivity contribution in [3.05, 3.63) is 18.3 Å². The van der Waals surface area contributed by atoms with Crippen LogP contribution in [-0.2, 0) is 0 Å². The SMILES string of the molecule is C#C[C@@H]1C[C@@H]1COc1nc(C(=O)NC23CC(C2)C3)nc(N2CCC(COc3cncnc3N)CC2)n1.